The van der Waals surface area contributed by atoms with Crippen LogP contribution >= 0.6 is 11.6 Å². The molecule has 126 valence electrons. The highest BCUT2D eigenvalue weighted by molar-refractivity contribution is 6.31. The summed E-state index contributed by atoms with van der Waals surface area (Å²) in [6.07, 6.45) is 2.50. The molecule has 23 heavy (non-hydrogen) atoms. The minimum absolute atomic E-state index is 0.00803. The predicted molar refractivity (Wildman–Crippen MR) is 90.0 cm³/mol. The number of hydrogen-bond donors (Lipinski definition) is 1. The number of hydrogen-bond acceptors (Lipinski definition) is 5. The van der Waals surface area contributed by atoms with Gasteiger partial charge in [0.1, 0.15) is 0 Å². The average molecular weight is 339 g/mol. The Kier molecular flexibility index (Phi) is 5.04. The second kappa shape index (κ2) is 7.03. The van der Waals surface area contributed by atoms with Crippen LogP contribution in [0.1, 0.15) is 26.3 Å². The van der Waals surface area contributed by atoms with E-state index in [4.69, 9.17) is 16.3 Å². The Balaban J connectivity index is 1.94. The lowest BCUT2D eigenvalue weighted by atomic mass is 10.0. The maximum atomic E-state index is 10.4. The van der Waals surface area contributed by atoms with Crippen molar-refractivity contribution in [3.05, 3.63) is 17.3 Å². The van der Waals surface area contributed by atoms with Gasteiger partial charge in [-0.15, -0.1) is 0 Å². The number of fused-ring (bicyclic) bond motifs is 1. The summed E-state index contributed by atoms with van der Waals surface area (Å²) >= 11 is 6.09. The molecular formula is C16H23ClN4O2. The van der Waals surface area contributed by atoms with Gasteiger partial charge in [-0.3, -0.25) is 9.47 Å². The summed E-state index contributed by atoms with van der Waals surface area (Å²) in [7, 11) is 0. The highest BCUT2D eigenvalue weighted by atomic mass is 35.5. The van der Waals surface area contributed by atoms with Crippen LogP contribution in [0.25, 0.3) is 11.2 Å². The summed E-state index contributed by atoms with van der Waals surface area (Å²) < 4.78 is 7.30. The van der Waals surface area contributed by atoms with E-state index in [2.05, 4.69) is 28.7 Å². The van der Waals surface area contributed by atoms with Gasteiger partial charge >= 0.3 is 0 Å². The molecule has 7 heteroatoms. The van der Waals surface area contributed by atoms with Crippen molar-refractivity contribution in [3.8, 4) is 6.01 Å². The largest absolute Gasteiger partial charge is 0.480 e. The molecule has 0 spiro atoms. The number of pyridine rings is 1. The van der Waals surface area contributed by atoms with Gasteiger partial charge in [0.05, 0.1) is 29.8 Å². The molecule has 6 nitrogen and oxygen atoms in total. The van der Waals surface area contributed by atoms with Gasteiger partial charge in [0.25, 0.3) is 6.01 Å². The van der Waals surface area contributed by atoms with Crippen molar-refractivity contribution in [1.82, 2.24) is 19.4 Å². The summed E-state index contributed by atoms with van der Waals surface area (Å²) in [5.74, 6) is 0.505. The normalized spacial score (nSPS) is 17.9. The Hall–Kier alpha value is -1.37. The van der Waals surface area contributed by atoms with Crippen LogP contribution in [0.4, 0.5) is 0 Å². The molecule has 0 bridgehead atoms. The van der Waals surface area contributed by atoms with Crippen molar-refractivity contribution in [3.63, 3.8) is 0 Å². The number of morpholine rings is 1. The molecule has 1 aliphatic rings. The lowest BCUT2D eigenvalue weighted by Gasteiger charge is -2.32. The first kappa shape index (κ1) is 16.5. The molecule has 1 N–H and O–H groups in total. The minimum Gasteiger partial charge on any atom is -0.480 e. The van der Waals surface area contributed by atoms with Gasteiger partial charge in [-0.2, -0.15) is 4.98 Å². The van der Waals surface area contributed by atoms with Crippen LogP contribution < -0.4 is 0 Å². The Morgan fingerprint density at radius 3 is 2.78 bits per heavy atom. The number of nitrogens with zero attached hydrogens (tertiary/aromatic N) is 4. The first-order valence-electron chi connectivity index (χ1n) is 8.07. The van der Waals surface area contributed by atoms with Gasteiger partial charge in [-0.1, -0.05) is 25.4 Å². The molecule has 1 saturated heterocycles. The molecule has 1 fully saturated rings. The molecule has 0 unspecified atom stereocenters. The van der Waals surface area contributed by atoms with Crippen molar-refractivity contribution < 1.29 is 9.84 Å². The molecule has 0 aliphatic carbocycles. The monoisotopic (exact) mass is 338 g/mol. The zero-order valence-electron chi connectivity index (χ0n) is 13.6. The number of ether oxygens (including phenoxy) is 1. The topological polar surface area (TPSA) is 63.4 Å². The van der Waals surface area contributed by atoms with E-state index in [0.717, 1.165) is 44.8 Å². The van der Waals surface area contributed by atoms with Crippen molar-refractivity contribution in [1.29, 1.82) is 0 Å². The van der Waals surface area contributed by atoms with Crippen LogP contribution in [0, 0.1) is 5.92 Å². The molecule has 0 aromatic carbocycles. The van der Waals surface area contributed by atoms with Gasteiger partial charge in [0.2, 0.25) is 0 Å². The molecule has 2 aromatic heterocycles. The summed E-state index contributed by atoms with van der Waals surface area (Å²) in [4.78, 5) is 10.8. The first-order chi connectivity index (χ1) is 11.0. The van der Waals surface area contributed by atoms with Crippen LogP contribution in [0.5, 0.6) is 6.01 Å². The van der Waals surface area contributed by atoms with E-state index < -0.39 is 0 Å². The number of imidazole rings is 1. The van der Waals surface area contributed by atoms with Gasteiger partial charge in [-0.25, -0.2) is 4.98 Å². The third kappa shape index (κ3) is 3.76. The van der Waals surface area contributed by atoms with Crippen molar-refractivity contribution in [2.45, 2.75) is 26.3 Å². The van der Waals surface area contributed by atoms with Crippen molar-refractivity contribution >= 4 is 22.8 Å². The summed E-state index contributed by atoms with van der Waals surface area (Å²) in [6.45, 7) is 8.59. The van der Waals surface area contributed by atoms with E-state index in [0.29, 0.717) is 16.6 Å². The molecule has 0 amide bonds. The quantitative estimate of drug-likeness (QED) is 0.908. The highest BCUT2D eigenvalue weighted by Crippen LogP contribution is 2.30. The smallest absolute Gasteiger partial charge is 0.296 e. The fourth-order valence-corrected chi connectivity index (χ4v) is 3.34. The number of aromatic nitrogens is 3. The Morgan fingerprint density at radius 1 is 1.35 bits per heavy atom. The van der Waals surface area contributed by atoms with Crippen LogP contribution in [0.3, 0.4) is 0 Å². The maximum absolute atomic E-state index is 10.4. The van der Waals surface area contributed by atoms with E-state index in [1.165, 1.54) is 0 Å². The summed E-state index contributed by atoms with van der Waals surface area (Å²) in [6, 6.07) is 1.95. The molecule has 2 aromatic rings. The van der Waals surface area contributed by atoms with Crippen molar-refractivity contribution in [2.24, 2.45) is 5.92 Å². The van der Waals surface area contributed by atoms with E-state index >= 15 is 0 Å². The fraction of sp³-hybridized carbons (Fsp3) is 0.625. The first-order valence-corrected chi connectivity index (χ1v) is 8.45. The molecule has 3 heterocycles. The van der Waals surface area contributed by atoms with E-state index in [-0.39, 0.29) is 12.1 Å². The lowest BCUT2D eigenvalue weighted by molar-refractivity contribution is 0.0299. The molecule has 3 rings (SSSR count). The second-order valence-electron chi connectivity index (χ2n) is 6.47. The second-order valence-corrected chi connectivity index (χ2v) is 6.91. The molecule has 0 radical (unpaired) electrons. The molecule has 1 atom stereocenters. The summed E-state index contributed by atoms with van der Waals surface area (Å²) in [5.41, 5.74) is 1.32. The predicted octanol–water partition coefficient (Wildman–Crippen LogP) is 2.71. The third-order valence-corrected chi connectivity index (χ3v) is 4.38. The zero-order chi connectivity index (χ0) is 16.4. The van der Waals surface area contributed by atoms with E-state index in [9.17, 15) is 5.11 Å². The molecular weight excluding hydrogens is 316 g/mol. The number of halogens is 1. The molecule has 0 saturated carbocycles. The van der Waals surface area contributed by atoms with Crippen LogP contribution in [-0.4, -0.2) is 57.4 Å². The Labute approximate surface area is 141 Å². The molecule has 1 aliphatic heterocycles. The summed E-state index contributed by atoms with van der Waals surface area (Å²) in [5, 5.41) is 10.9. The van der Waals surface area contributed by atoms with Crippen molar-refractivity contribution in [2.75, 3.05) is 32.8 Å². The fourth-order valence-electron chi connectivity index (χ4n) is 3.19. The zero-order valence-corrected chi connectivity index (χ0v) is 14.3. The van der Waals surface area contributed by atoms with Gasteiger partial charge < -0.3 is 9.84 Å². The van der Waals surface area contributed by atoms with E-state index in [1.54, 1.807) is 6.20 Å². The average Bonchev–Trinajstić information content (AvgIpc) is 2.82. The van der Waals surface area contributed by atoms with Crippen LogP contribution in [0.15, 0.2) is 12.3 Å². The van der Waals surface area contributed by atoms with E-state index in [1.807, 2.05) is 10.6 Å². The lowest BCUT2D eigenvalue weighted by Crippen LogP contribution is -2.40. The highest BCUT2D eigenvalue weighted by Gasteiger charge is 2.24. The van der Waals surface area contributed by atoms with Crippen LogP contribution in [0.2, 0.25) is 5.02 Å². The standard InChI is InChI=1S/C16H23ClN4O2/c1-11(2)7-13(10-20-3-5-23-6-4-20)21-14-8-12(17)9-18-15(14)19-16(21)22/h8-9,11,13H,3-7,10H2,1-2H3,(H,18,19,22)/t13-/m1/s1. The minimum atomic E-state index is 0.00803. The van der Waals surface area contributed by atoms with Gasteiger partial charge in [0, 0.05) is 25.8 Å². The Bertz CT molecular complexity index is 667. The van der Waals surface area contributed by atoms with Gasteiger partial charge in [-0.05, 0) is 18.4 Å². The maximum Gasteiger partial charge on any atom is 0.296 e. The Morgan fingerprint density at radius 2 is 2.09 bits per heavy atom. The van der Waals surface area contributed by atoms with Crippen LogP contribution in [-0.2, 0) is 4.74 Å². The SMILES string of the molecule is CC(C)C[C@H](CN1CCOCC1)n1c(O)nc2ncc(Cl)cc21. The van der Waals surface area contributed by atoms with Gasteiger partial charge in [0.15, 0.2) is 5.65 Å². The third-order valence-electron chi connectivity index (χ3n) is 4.18. The number of aromatic hydroxyl groups is 1. The number of rotatable bonds is 5.